The first-order chi connectivity index (χ1) is 10.6. The SMILES string of the molecule is COc1ccc(C(=O)NCCN(C)c2ccccc2)c(O)c1. The molecule has 2 rings (SSSR count). The number of carbonyl (C=O) groups excluding carboxylic acids is 1. The van der Waals surface area contributed by atoms with Crippen LogP contribution in [0.15, 0.2) is 48.5 Å². The Labute approximate surface area is 130 Å². The minimum absolute atomic E-state index is 0.0896. The van der Waals surface area contributed by atoms with E-state index in [2.05, 4.69) is 5.32 Å². The molecule has 2 aromatic carbocycles. The number of para-hydroxylation sites is 1. The summed E-state index contributed by atoms with van der Waals surface area (Å²) in [6.07, 6.45) is 0. The summed E-state index contributed by atoms with van der Waals surface area (Å²) in [5.41, 5.74) is 1.33. The molecule has 0 bridgehead atoms. The number of benzene rings is 2. The number of methoxy groups -OCH3 is 1. The van der Waals surface area contributed by atoms with E-state index in [1.54, 1.807) is 12.1 Å². The summed E-state index contributed by atoms with van der Waals surface area (Å²) in [7, 11) is 3.47. The summed E-state index contributed by atoms with van der Waals surface area (Å²) in [5.74, 6) is 0.118. The van der Waals surface area contributed by atoms with Gasteiger partial charge in [-0.15, -0.1) is 0 Å². The first kappa shape index (κ1) is 15.7. The highest BCUT2D eigenvalue weighted by Gasteiger charge is 2.11. The average molecular weight is 300 g/mol. The van der Waals surface area contributed by atoms with Gasteiger partial charge in [-0.05, 0) is 24.3 Å². The number of aromatic hydroxyl groups is 1. The van der Waals surface area contributed by atoms with E-state index in [1.165, 1.54) is 13.2 Å². The Hall–Kier alpha value is -2.69. The maximum absolute atomic E-state index is 12.1. The molecule has 0 fully saturated rings. The summed E-state index contributed by atoms with van der Waals surface area (Å²) in [4.78, 5) is 14.1. The molecule has 0 aliphatic rings. The molecule has 0 aliphatic carbocycles. The van der Waals surface area contributed by atoms with Crippen molar-refractivity contribution in [2.24, 2.45) is 0 Å². The van der Waals surface area contributed by atoms with Gasteiger partial charge in [0.15, 0.2) is 0 Å². The molecule has 22 heavy (non-hydrogen) atoms. The average Bonchev–Trinajstić information content (AvgIpc) is 2.55. The second kappa shape index (κ2) is 7.36. The van der Waals surface area contributed by atoms with Crippen LogP contribution >= 0.6 is 0 Å². The van der Waals surface area contributed by atoms with Crippen LogP contribution in [-0.2, 0) is 0 Å². The van der Waals surface area contributed by atoms with Gasteiger partial charge in [-0.2, -0.15) is 0 Å². The lowest BCUT2D eigenvalue weighted by atomic mass is 10.2. The number of phenolic OH excluding ortho intramolecular Hbond substituents is 1. The zero-order valence-electron chi connectivity index (χ0n) is 12.7. The van der Waals surface area contributed by atoms with Gasteiger partial charge in [0.05, 0.1) is 12.7 Å². The lowest BCUT2D eigenvalue weighted by Gasteiger charge is -2.19. The minimum atomic E-state index is -0.304. The zero-order chi connectivity index (χ0) is 15.9. The Morgan fingerprint density at radius 3 is 2.59 bits per heavy atom. The van der Waals surface area contributed by atoms with Gasteiger partial charge in [0.2, 0.25) is 0 Å². The Kier molecular flexibility index (Phi) is 5.25. The number of phenols is 1. The Morgan fingerprint density at radius 1 is 1.23 bits per heavy atom. The number of hydrogen-bond donors (Lipinski definition) is 2. The molecule has 5 heteroatoms. The molecule has 0 aliphatic heterocycles. The van der Waals surface area contributed by atoms with Crippen LogP contribution in [0, 0.1) is 0 Å². The van der Waals surface area contributed by atoms with Crippen molar-refractivity contribution in [2.45, 2.75) is 0 Å². The van der Waals surface area contributed by atoms with Crippen molar-refractivity contribution in [1.29, 1.82) is 0 Å². The predicted octanol–water partition coefficient (Wildman–Crippen LogP) is 2.27. The number of nitrogens with zero attached hydrogens (tertiary/aromatic N) is 1. The normalized spacial score (nSPS) is 10.1. The molecule has 0 unspecified atom stereocenters. The number of nitrogens with one attached hydrogen (secondary N) is 1. The fourth-order valence-electron chi connectivity index (χ4n) is 2.07. The third kappa shape index (κ3) is 3.91. The molecule has 0 saturated carbocycles. The number of anilines is 1. The van der Waals surface area contributed by atoms with E-state index in [0.29, 0.717) is 18.8 Å². The van der Waals surface area contributed by atoms with Gasteiger partial charge in [0.1, 0.15) is 11.5 Å². The fourth-order valence-corrected chi connectivity index (χ4v) is 2.07. The van der Waals surface area contributed by atoms with Crippen LogP contribution in [-0.4, -0.2) is 38.3 Å². The lowest BCUT2D eigenvalue weighted by molar-refractivity contribution is 0.0952. The topological polar surface area (TPSA) is 61.8 Å². The number of carbonyl (C=O) groups is 1. The van der Waals surface area contributed by atoms with Crippen molar-refractivity contribution in [1.82, 2.24) is 5.32 Å². The van der Waals surface area contributed by atoms with Crippen LogP contribution < -0.4 is 15.0 Å². The smallest absolute Gasteiger partial charge is 0.255 e. The van der Waals surface area contributed by atoms with E-state index in [0.717, 1.165) is 5.69 Å². The molecule has 0 aromatic heterocycles. The second-order valence-electron chi connectivity index (χ2n) is 4.90. The van der Waals surface area contributed by atoms with Gasteiger partial charge >= 0.3 is 0 Å². The van der Waals surface area contributed by atoms with E-state index in [9.17, 15) is 9.90 Å². The third-order valence-electron chi connectivity index (χ3n) is 3.38. The highest BCUT2D eigenvalue weighted by molar-refractivity contribution is 5.97. The van der Waals surface area contributed by atoms with Crippen LogP contribution in [0.4, 0.5) is 5.69 Å². The second-order valence-corrected chi connectivity index (χ2v) is 4.90. The van der Waals surface area contributed by atoms with E-state index in [-0.39, 0.29) is 17.2 Å². The first-order valence-corrected chi connectivity index (χ1v) is 7.03. The van der Waals surface area contributed by atoms with Crippen LogP contribution in [0.25, 0.3) is 0 Å². The van der Waals surface area contributed by atoms with Crippen LogP contribution in [0.5, 0.6) is 11.5 Å². The van der Waals surface area contributed by atoms with Gasteiger partial charge in [-0.1, -0.05) is 18.2 Å². The number of ether oxygens (including phenoxy) is 1. The minimum Gasteiger partial charge on any atom is -0.507 e. The molecule has 0 saturated heterocycles. The summed E-state index contributed by atoms with van der Waals surface area (Å²) < 4.78 is 4.99. The molecule has 0 atom stereocenters. The molecule has 2 N–H and O–H groups in total. The van der Waals surface area contributed by atoms with Crippen molar-refractivity contribution in [2.75, 3.05) is 32.1 Å². The van der Waals surface area contributed by atoms with E-state index < -0.39 is 0 Å². The number of hydrogen-bond acceptors (Lipinski definition) is 4. The van der Waals surface area contributed by atoms with Gasteiger partial charge in [0.25, 0.3) is 5.91 Å². The molecule has 0 spiro atoms. The van der Waals surface area contributed by atoms with Crippen molar-refractivity contribution < 1.29 is 14.6 Å². The number of rotatable bonds is 6. The van der Waals surface area contributed by atoms with Crippen LogP contribution in [0.2, 0.25) is 0 Å². The molecular formula is C17H20N2O3. The van der Waals surface area contributed by atoms with Gasteiger partial charge in [-0.25, -0.2) is 0 Å². The maximum Gasteiger partial charge on any atom is 0.255 e. The summed E-state index contributed by atoms with van der Waals surface area (Å²) in [6.45, 7) is 1.16. The van der Waals surface area contributed by atoms with Crippen molar-refractivity contribution in [3.05, 3.63) is 54.1 Å². The van der Waals surface area contributed by atoms with Crippen molar-refractivity contribution >= 4 is 11.6 Å². The zero-order valence-corrected chi connectivity index (χ0v) is 12.7. The monoisotopic (exact) mass is 300 g/mol. The quantitative estimate of drug-likeness (QED) is 0.859. The number of likely N-dealkylation sites (N-methyl/N-ethyl adjacent to an activating group) is 1. The number of amides is 1. The fraction of sp³-hybridized carbons (Fsp3) is 0.235. The molecule has 116 valence electrons. The van der Waals surface area contributed by atoms with Crippen molar-refractivity contribution in [3.63, 3.8) is 0 Å². The highest BCUT2D eigenvalue weighted by atomic mass is 16.5. The molecule has 1 amide bonds. The molecule has 2 aromatic rings. The van der Waals surface area contributed by atoms with E-state index in [4.69, 9.17) is 4.74 Å². The summed E-state index contributed by atoms with van der Waals surface area (Å²) in [6, 6.07) is 14.5. The standard InChI is InChI=1S/C17H20N2O3/c1-19(13-6-4-3-5-7-13)11-10-18-17(21)15-9-8-14(22-2)12-16(15)20/h3-9,12,20H,10-11H2,1-2H3,(H,18,21). The summed E-state index contributed by atoms with van der Waals surface area (Å²) >= 11 is 0. The Morgan fingerprint density at radius 2 is 1.95 bits per heavy atom. The van der Waals surface area contributed by atoms with Gasteiger partial charge in [-0.3, -0.25) is 4.79 Å². The largest absolute Gasteiger partial charge is 0.507 e. The van der Waals surface area contributed by atoms with E-state index >= 15 is 0 Å². The van der Waals surface area contributed by atoms with E-state index in [1.807, 2.05) is 42.3 Å². The lowest BCUT2D eigenvalue weighted by Crippen LogP contribution is -2.33. The highest BCUT2D eigenvalue weighted by Crippen LogP contribution is 2.23. The first-order valence-electron chi connectivity index (χ1n) is 7.03. The molecule has 5 nitrogen and oxygen atoms in total. The van der Waals surface area contributed by atoms with Crippen molar-refractivity contribution in [3.8, 4) is 11.5 Å². The van der Waals surface area contributed by atoms with Crippen LogP contribution in [0.1, 0.15) is 10.4 Å². The Bertz CT molecular complexity index is 629. The predicted molar refractivity (Wildman–Crippen MR) is 86.7 cm³/mol. The molecule has 0 radical (unpaired) electrons. The third-order valence-corrected chi connectivity index (χ3v) is 3.38. The molecule has 0 heterocycles. The Balaban J connectivity index is 1.88. The van der Waals surface area contributed by atoms with Gasteiger partial charge < -0.3 is 20.1 Å². The maximum atomic E-state index is 12.1. The molecular weight excluding hydrogens is 280 g/mol. The van der Waals surface area contributed by atoms with Crippen LogP contribution in [0.3, 0.4) is 0 Å². The van der Waals surface area contributed by atoms with Gasteiger partial charge in [0, 0.05) is 31.9 Å². The summed E-state index contributed by atoms with van der Waals surface area (Å²) in [5, 5.41) is 12.6.